The average molecular weight is 294 g/mol. The minimum atomic E-state index is 0.691. The number of nitrogens with zero attached hydrogens (tertiary/aromatic N) is 3. The fraction of sp³-hybridized carbons (Fsp3) is 0.800. The minimum absolute atomic E-state index is 0.691. The Morgan fingerprint density at radius 1 is 1.35 bits per heavy atom. The van der Waals surface area contributed by atoms with Gasteiger partial charge in [-0.1, -0.05) is 0 Å². The Kier molecular flexibility index (Phi) is 4.58. The van der Waals surface area contributed by atoms with E-state index in [2.05, 4.69) is 33.9 Å². The first kappa shape index (κ1) is 14.3. The highest BCUT2D eigenvalue weighted by Gasteiger charge is 2.36. The molecule has 0 saturated carbocycles. The summed E-state index contributed by atoms with van der Waals surface area (Å²) in [5.41, 5.74) is 0. The van der Waals surface area contributed by atoms with Crippen molar-refractivity contribution >= 4 is 16.5 Å². The van der Waals surface area contributed by atoms with E-state index < -0.39 is 0 Å². The zero-order chi connectivity index (χ0) is 13.9. The number of hydrogen-bond donors (Lipinski definition) is 1. The monoisotopic (exact) mass is 294 g/mol. The Labute approximate surface area is 126 Å². The molecule has 0 spiro atoms. The van der Waals surface area contributed by atoms with Crippen LogP contribution in [-0.4, -0.2) is 48.1 Å². The summed E-state index contributed by atoms with van der Waals surface area (Å²) in [7, 11) is 0. The van der Waals surface area contributed by atoms with Crippen LogP contribution in [0.4, 0.5) is 5.13 Å². The summed E-state index contributed by atoms with van der Waals surface area (Å²) in [6, 6.07) is 1.49. The van der Waals surface area contributed by atoms with Crippen LogP contribution >= 0.6 is 11.3 Å². The number of thiazole rings is 1. The largest absolute Gasteiger partial charge is 0.349 e. The van der Waals surface area contributed by atoms with E-state index in [1.807, 2.05) is 17.5 Å². The van der Waals surface area contributed by atoms with Crippen molar-refractivity contribution in [1.82, 2.24) is 15.2 Å². The Morgan fingerprint density at radius 2 is 2.20 bits per heavy atom. The Morgan fingerprint density at radius 3 is 3.00 bits per heavy atom. The normalized spacial score (nSPS) is 26.1. The number of fused-ring (bicyclic) bond motifs is 1. The molecule has 112 valence electrons. The molecule has 2 aliphatic heterocycles. The van der Waals surface area contributed by atoms with Crippen molar-refractivity contribution in [3.63, 3.8) is 0 Å². The molecule has 2 fully saturated rings. The lowest BCUT2D eigenvalue weighted by atomic mass is 10.1. The molecule has 0 aliphatic carbocycles. The summed E-state index contributed by atoms with van der Waals surface area (Å²) in [5, 5.41) is 4.94. The van der Waals surface area contributed by atoms with Crippen LogP contribution in [0.1, 0.15) is 38.0 Å². The Bertz CT molecular complexity index is 429. The van der Waals surface area contributed by atoms with Gasteiger partial charge in [-0.25, -0.2) is 4.98 Å². The summed E-state index contributed by atoms with van der Waals surface area (Å²) in [4.78, 5) is 10.9. The van der Waals surface area contributed by atoms with Crippen LogP contribution in [0.25, 0.3) is 0 Å². The van der Waals surface area contributed by atoms with Gasteiger partial charge in [-0.05, 0) is 39.7 Å². The first-order chi connectivity index (χ1) is 9.81. The molecule has 20 heavy (non-hydrogen) atoms. The van der Waals surface area contributed by atoms with E-state index in [0.29, 0.717) is 6.04 Å². The van der Waals surface area contributed by atoms with E-state index >= 15 is 0 Å². The number of rotatable bonds is 6. The van der Waals surface area contributed by atoms with Crippen molar-refractivity contribution in [2.75, 3.05) is 31.1 Å². The molecule has 2 aliphatic rings. The zero-order valence-electron chi connectivity index (χ0n) is 12.6. The van der Waals surface area contributed by atoms with E-state index in [4.69, 9.17) is 0 Å². The molecule has 0 bridgehead atoms. The molecule has 0 radical (unpaired) electrons. The van der Waals surface area contributed by atoms with Crippen molar-refractivity contribution in [2.45, 2.75) is 51.7 Å². The van der Waals surface area contributed by atoms with Gasteiger partial charge in [0, 0.05) is 49.3 Å². The molecule has 1 aromatic rings. The predicted molar refractivity (Wildman–Crippen MR) is 85.5 cm³/mol. The van der Waals surface area contributed by atoms with Gasteiger partial charge in [-0.3, -0.25) is 4.90 Å². The van der Waals surface area contributed by atoms with Gasteiger partial charge in [0.2, 0.25) is 0 Å². The maximum absolute atomic E-state index is 4.56. The van der Waals surface area contributed by atoms with Crippen molar-refractivity contribution in [3.05, 3.63) is 11.1 Å². The molecule has 3 rings (SSSR count). The summed E-state index contributed by atoms with van der Waals surface area (Å²) >= 11 is 1.84. The fourth-order valence-corrected chi connectivity index (χ4v) is 4.56. The van der Waals surface area contributed by atoms with Crippen LogP contribution in [0.3, 0.4) is 0 Å². The first-order valence-electron chi connectivity index (χ1n) is 7.99. The van der Waals surface area contributed by atoms with Gasteiger partial charge in [-0.15, -0.1) is 11.3 Å². The number of anilines is 1. The first-order valence-corrected chi connectivity index (χ1v) is 8.80. The highest BCUT2D eigenvalue weighted by molar-refractivity contribution is 7.15. The van der Waals surface area contributed by atoms with E-state index in [1.54, 1.807) is 0 Å². The van der Waals surface area contributed by atoms with Crippen molar-refractivity contribution in [1.29, 1.82) is 0 Å². The van der Waals surface area contributed by atoms with Gasteiger partial charge < -0.3 is 10.2 Å². The molecular weight excluding hydrogens is 268 g/mol. The van der Waals surface area contributed by atoms with Crippen LogP contribution in [0.2, 0.25) is 0 Å². The lowest BCUT2D eigenvalue weighted by molar-refractivity contribution is 0.299. The third-order valence-electron chi connectivity index (χ3n) is 4.72. The second kappa shape index (κ2) is 6.41. The van der Waals surface area contributed by atoms with Crippen LogP contribution in [0, 0.1) is 0 Å². The smallest absolute Gasteiger partial charge is 0.185 e. The molecule has 0 amide bonds. The molecule has 0 aromatic carbocycles. The van der Waals surface area contributed by atoms with E-state index in [-0.39, 0.29) is 0 Å². The molecule has 1 N–H and O–H groups in total. The van der Waals surface area contributed by atoms with Crippen molar-refractivity contribution in [3.8, 4) is 0 Å². The second-order valence-corrected chi connectivity index (χ2v) is 6.90. The Hall–Kier alpha value is -0.650. The third-order valence-corrected chi connectivity index (χ3v) is 5.78. The quantitative estimate of drug-likeness (QED) is 0.872. The highest BCUT2D eigenvalue weighted by Crippen LogP contribution is 2.28. The lowest BCUT2D eigenvalue weighted by Crippen LogP contribution is -2.38. The molecule has 3 heterocycles. The maximum Gasteiger partial charge on any atom is 0.185 e. The van der Waals surface area contributed by atoms with Gasteiger partial charge in [0.25, 0.3) is 0 Å². The van der Waals surface area contributed by atoms with Crippen LogP contribution < -0.4 is 10.2 Å². The summed E-state index contributed by atoms with van der Waals surface area (Å²) in [6.07, 6.45) is 6.12. The van der Waals surface area contributed by atoms with Crippen LogP contribution in [-0.2, 0) is 6.54 Å². The number of nitrogens with one attached hydrogen (secondary N) is 1. The lowest BCUT2D eigenvalue weighted by Gasteiger charge is -2.21. The molecule has 2 unspecified atom stereocenters. The van der Waals surface area contributed by atoms with Gasteiger partial charge in [0.1, 0.15) is 0 Å². The standard InChI is InChI=1S/C15H26N4S/c1-3-18(4-2)15-17-11-12(20-15)10-16-13-7-9-19-8-5-6-14(13)19/h11,13-14,16H,3-10H2,1-2H3. The molecule has 2 saturated heterocycles. The summed E-state index contributed by atoms with van der Waals surface area (Å²) < 4.78 is 0. The minimum Gasteiger partial charge on any atom is -0.349 e. The Balaban J connectivity index is 1.53. The van der Waals surface area contributed by atoms with E-state index in [1.165, 1.54) is 42.4 Å². The summed E-state index contributed by atoms with van der Waals surface area (Å²) in [6.45, 7) is 10.0. The van der Waals surface area contributed by atoms with Gasteiger partial charge in [-0.2, -0.15) is 0 Å². The third kappa shape index (κ3) is 2.85. The second-order valence-electron chi connectivity index (χ2n) is 5.80. The predicted octanol–water partition coefficient (Wildman–Crippen LogP) is 2.32. The molecule has 2 atom stereocenters. The van der Waals surface area contributed by atoms with Gasteiger partial charge in [0.15, 0.2) is 5.13 Å². The molecule has 5 heteroatoms. The van der Waals surface area contributed by atoms with Gasteiger partial charge in [0.05, 0.1) is 0 Å². The molecular formula is C15H26N4S. The van der Waals surface area contributed by atoms with Crippen LogP contribution in [0.5, 0.6) is 0 Å². The van der Waals surface area contributed by atoms with E-state index in [9.17, 15) is 0 Å². The number of aromatic nitrogens is 1. The summed E-state index contributed by atoms with van der Waals surface area (Å²) in [5.74, 6) is 0. The van der Waals surface area contributed by atoms with Gasteiger partial charge >= 0.3 is 0 Å². The van der Waals surface area contributed by atoms with E-state index in [0.717, 1.165) is 25.7 Å². The SMILES string of the molecule is CCN(CC)c1ncc(CNC2CCN3CCCC23)s1. The highest BCUT2D eigenvalue weighted by atomic mass is 32.1. The topological polar surface area (TPSA) is 31.4 Å². The zero-order valence-corrected chi connectivity index (χ0v) is 13.5. The fourth-order valence-electron chi connectivity index (χ4n) is 3.57. The maximum atomic E-state index is 4.56. The molecule has 4 nitrogen and oxygen atoms in total. The van der Waals surface area contributed by atoms with Crippen LogP contribution in [0.15, 0.2) is 6.20 Å². The number of hydrogen-bond acceptors (Lipinski definition) is 5. The average Bonchev–Trinajstić information content (AvgIpc) is 3.14. The molecule has 1 aromatic heterocycles. The van der Waals surface area contributed by atoms with Crippen molar-refractivity contribution in [2.24, 2.45) is 0 Å². The van der Waals surface area contributed by atoms with Crippen molar-refractivity contribution < 1.29 is 0 Å².